The fraction of sp³-hybridized carbons (Fsp3) is 0.389. The van der Waals surface area contributed by atoms with Crippen molar-refractivity contribution in [1.82, 2.24) is 14.9 Å². The standard InChI is InChI=1S/C18H20N4O2/c23-18(24)16-11-19-12-20-17(16)22-7-5-21(6-8-22)15-9-13-3-1-2-4-14(13)10-15/h1-4,11-12,15H,5-10H2,(H,23,24). The average Bonchev–Trinajstić information content (AvgIpc) is 3.06. The summed E-state index contributed by atoms with van der Waals surface area (Å²) in [4.78, 5) is 24.0. The highest BCUT2D eigenvalue weighted by molar-refractivity contribution is 5.92. The third-order valence-electron chi connectivity index (χ3n) is 5.08. The van der Waals surface area contributed by atoms with Crippen molar-refractivity contribution in [1.29, 1.82) is 0 Å². The lowest BCUT2D eigenvalue weighted by Crippen LogP contribution is -2.51. The second kappa shape index (κ2) is 6.20. The van der Waals surface area contributed by atoms with E-state index in [0.717, 1.165) is 39.0 Å². The van der Waals surface area contributed by atoms with Crippen LogP contribution in [-0.4, -0.2) is 58.2 Å². The molecule has 0 saturated carbocycles. The van der Waals surface area contributed by atoms with Crippen LogP contribution in [0, 0.1) is 0 Å². The van der Waals surface area contributed by atoms with Crippen LogP contribution in [-0.2, 0) is 12.8 Å². The maximum atomic E-state index is 11.3. The van der Waals surface area contributed by atoms with Crippen molar-refractivity contribution in [3.05, 3.63) is 53.5 Å². The smallest absolute Gasteiger partial charge is 0.341 e. The highest BCUT2D eigenvalue weighted by Crippen LogP contribution is 2.27. The predicted molar refractivity (Wildman–Crippen MR) is 90.4 cm³/mol. The van der Waals surface area contributed by atoms with Crippen LogP contribution in [0.25, 0.3) is 0 Å². The van der Waals surface area contributed by atoms with Gasteiger partial charge in [-0.05, 0) is 24.0 Å². The SMILES string of the molecule is O=C(O)c1cncnc1N1CCN(C2Cc3ccccc3C2)CC1. The number of carbonyl (C=O) groups is 1. The molecule has 0 amide bonds. The van der Waals surface area contributed by atoms with Gasteiger partial charge in [-0.25, -0.2) is 14.8 Å². The summed E-state index contributed by atoms with van der Waals surface area (Å²) in [6.45, 7) is 3.46. The van der Waals surface area contributed by atoms with E-state index in [1.807, 2.05) is 0 Å². The lowest BCUT2D eigenvalue weighted by molar-refractivity contribution is 0.0696. The van der Waals surface area contributed by atoms with Crippen molar-refractivity contribution in [3.63, 3.8) is 0 Å². The second-order valence-corrected chi connectivity index (χ2v) is 6.42. The van der Waals surface area contributed by atoms with Crippen molar-refractivity contribution < 1.29 is 9.90 Å². The molecule has 1 N–H and O–H groups in total. The first-order valence-electron chi connectivity index (χ1n) is 8.31. The number of hydrogen-bond donors (Lipinski definition) is 1. The number of rotatable bonds is 3. The molecule has 1 aliphatic heterocycles. The van der Waals surface area contributed by atoms with Crippen LogP contribution in [0.4, 0.5) is 5.82 Å². The van der Waals surface area contributed by atoms with Gasteiger partial charge in [0.05, 0.1) is 0 Å². The minimum Gasteiger partial charge on any atom is -0.477 e. The highest BCUT2D eigenvalue weighted by atomic mass is 16.4. The number of benzene rings is 1. The lowest BCUT2D eigenvalue weighted by atomic mass is 10.1. The Bertz CT molecular complexity index is 731. The van der Waals surface area contributed by atoms with Gasteiger partial charge in [-0.15, -0.1) is 0 Å². The Morgan fingerprint density at radius 1 is 1.08 bits per heavy atom. The lowest BCUT2D eigenvalue weighted by Gasteiger charge is -2.38. The summed E-state index contributed by atoms with van der Waals surface area (Å²) in [5, 5.41) is 9.30. The topological polar surface area (TPSA) is 69.6 Å². The van der Waals surface area contributed by atoms with Gasteiger partial charge in [0.2, 0.25) is 0 Å². The number of nitrogens with zero attached hydrogens (tertiary/aromatic N) is 4. The molecule has 0 bridgehead atoms. The molecule has 24 heavy (non-hydrogen) atoms. The van der Waals surface area contributed by atoms with E-state index in [9.17, 15) is 9.90 Å². The number of aromatic carboxylic acids is 1. The van der Waals surface area contributed by atoms with Crippen molar-refractivity contribution in [2.24, 2.45) is 0 Å². The van der Waals surface area contributed by atoms with Gasteiger partial charge in [-0.1, -0.05) is 24.3 Å². The fourth-order valence-electron chi connectivity index (χ4n) is 3.82. The normalized spacial score (nSPS) is 18.6. The van der Waals surface area contributed by atoms with E-state index < -0.39 is 5.97 Å². The fourth-order valence-corrected chi connectivity index (χ4v) is 3.82. The Hall–Kier alpha value is -2.47. The van der Waals surface area contributed by atoms with E-state index in [-0.39, 0.29) is 5.56 Å². The highest BCUT2D eigenvalue weighted by Gasteiger charge is 2.30. The number of aromatic nitrogens is 2. The maximum Gasteiger partial charge on any atom is 0.341 e. The van der Waals surface area contributed by atoms with Crippen LogP contribution in [0.15, 0.2) is 36.8 Å². The van der Waals surface area contributed by atoms with E-state index in [0.29, 0.717) is 11.9 Å². The Morgan fingerprint density at radius 2 is 1.75 bits per heavy atom. The van der Waals surface area contributed by atoms with Crippen molar-refractivity contribution >= 4 is 11.8 Å². The Balaban J connectivity index is 1.42. The van der Waals surface area contributed by atoms with Gasteiger partial charge in [0.15, 0.2) is 0 Å². The third-order valence-corrected chi connectivity index (χ3v) is 5.08. The van der Waals surface area contributed by atoms with Crippen LogP contribution in [0.5, 0.6) is 0 Å². The van der Waals surface area contributed by atoms with Crippen LogP contribution in [0.3, 0.4) is 0 Å². The van der Waals surface area contributed by atoms with Gasteiger partial charge in [0.1, 0.15) is 17.7 Å². The molecule has 2 aliphatic rings. The molecule has 0 atom stereocenters. The molecule has 6 nitrogen and oxygen atoms in total. The molecule has 1 fully saturated rings. The van der Waals surface area contributed by atoms with Gasteiger partial charge < -0.3 is 10.0 Å². The van der Waals surface area contributed by atoms with Crippen molar-refractivity contribution in [3.8, 4) is 0 Å². The first-order valence-corrected chi connectivity index (χ1v) is 8.31. The number of hydrogen-bond acceptors (Lipinski definition) is 5. The molecule has 124 valence electrons. The molecule has 2 aromatic rings. The quantitative estimate of drug-likeness (QED) is 0.922. The van der Waals surface area contributed by atoms with Gasteiger partial charge in [0, 0.05) is 38.4 Å². The van der Waals surface area contributed by atoms with E-state index >= 15 is 0 Å². The molecule has 2 heterocycles. The van der Waals surface area contributed by atoms with Crippen LogP contribution in [0.2, 0.25) is 0 Å². The molecule has 1 aliphatic carbocycles. The molecular formula is C18H20N4O2. The zero-order valence-electron chi connectivity index (χ0n) is 13.4. The number of anilines is 1. The van der Waals surface area contributed by atoms with Crippen molar-refractivity contribution in [2.75, 3.05) is 31.1 Å². The van der Waals surface area contributed by atoms with Crippen LogP contribution in [0.1, 0.15) is 21.5 Å². The van der Waals surface area contributed by atoms with Crippen LogP contribution < -0.4 is 4.90 Å². The Labute approximate surface area is 140 Å². The molecular weight excluding hydrogens is 304 g/mol. The van der Waals surface area contributed by atoms with E-state index in [1.165, 1.54) is 23.7 Å². The van der Waals surface area contributed by atoms with Gasteiger partial charge in [-0.3, -0.25) is 4.90 Å². The van der Waals surface area contributed by atoms with E-state index in [1.54, 1.807) is 0 Å². The molecule has 1 saturated heterocycles. The maximum absolute atomic E-state index is 11.3. The first-order chi connectivity index (χ1) is 11.7. The summed E-state index contributed by atoms with van der Waals surface area (Å²) in [5.74, 6) is -0.439. The van der Waals surface area contributed by atoms with Crippen molar-refractivity contribution in [2.45, 2.75) is 18.9 Å². The monoisotopic (exact) mass is 324 g/mol. The van der Waals surface area contributed by atoms with Gasteiger partial charge in [-0.2, -0.15) is 0 Å². The Morgan fingerprint density at radius 3 is 2.38 bits per heavy atom. The zero-order chi connectivity index (χ0) is 16.5. The predicted octanol–water partition coefficient (Wildman–Crippen LogP) is 1.46. The zero-order valence-corrected chi connectivity index (χ0v) is 13.4. The minimum atomic E-state index is -0.973. The van der Waals surface area contributed by atoms with E-state index in [4.69, 9.17) is 0 Å². The first kappa shape index (κ1) is 15.1. The second-order valence-electron chi connectivity index (χ2n) is 6.42. The molecule has 1 aromatic heterocycles. The summed E-state index contributed by atoms with van der Waals surface area (Å²) in [7, 11) is 0. The molecule has 6 heteroatoms. The molecule has 0 radical (unpaired) electrons. The third kappa shape index (κ3) is 2.73. The molecule has 1 aromatic carbocycles. The summed E-state index contributed by atoms with van der Waals surface area (Å²) < 4.78 is 0. The largest absolute Gasteiger partial charge is 0.477 e. The molecule has 4 rings (SSSR count). The Kier molecular flexibility index (Phi) is 3.90. The van der Waals surface area contributed by atoms with Gasteiger partial charge >= 0.3 is 5.97 Å². The number of piperazine rings is 1. The number of fused-ring (bicyclic) bond motifs is 1. The average molecular weight is 324 g/mol. The number of carboxylic acid groups (broad SMARTS) is 1. The summed E-state index contributed by atoms with van der Waals surface area (Å²) in [6, 6.07) is 9.24. The minimum absolute atomic E-state index is 0.180. The summed E-state index contributed by atoms with van der Waals surface area (Å²) in [6.07, 6.45) is 5.03. The molecule has 0 unspecified atom stereocenters. The van der Waals surface area contributed by atoms with Crippen LogP contribution >= 0.6 is 0 Å². The number of carboxylic acids is 1. The summed E-state index contributed by atoms with van der Waals surface area (Å²) in [5.41, 5.74) is 3.11. The van der Waals surface area contributed by atoms with Gasteiger partial charge in [0.25, 0.3) is 0 Å². The summed E-state index contributed by atoms with van der Waals surface area (Å²) >= 11 is 0. The molecule has 0 spiro atoms. The van der Waals surface area contributed by atoms with E-state index in [2.05, 4.69) is 44.0 Å².